The van der Waals surface area contributed by atoms with Gasteiger partial charge < -0.3 is 23.7 Å². The molecule has 2 heterocycles. The number of hydrogen-bond donors (Lipinski definition) is 0. The largest absolute Gasteiger partial charge is 0.444 e. The second kappa shape index (κ2) is 7.92. The summed E-state index contributed by atoms with van der Waals surface area (Å²) in [6.45, 7) is 13.8. The Labute approximate surface area is 155 Å². The molecule has 1 unspecified atom stereocenters. The average molecular weight is 368 g/mol. The highest BCUT2D eigenvalue weighted by atomic mass is 16.6. The SMILES string of the molecule is COCCOC(C)c1nnc2n1CCN(C(=O)OC(C)(C)C)C(C)(C)C2. The predicted octanol–water partition coefficient (Wildman–Crippen LogP) is 2.57. The van der Waals surface area contributed by atoms with E-state index in [0.29, 0.717) is 32.7 Å². The number of nitrogens with zero attached hydrogens (tertiary/aromatic N) is 4. The first-order valence-electron chi connectivity index (χ1n) is 9.08. The smallest absolute Gasteiger partial charge is 0.410 e. The zero-order valence-electron chi connectivity index (χ0n) is 17.0. The molecule has 0 aliphatic carbocycles. The third-order valence-electron chi connectivity index (χ3n) is 4.36. The number of ether oxygens (including phenoxy) is 3. The topological polar surface area (TPSA) is 78.7 Å². The van der Waals surface area contributed by atoms with Crippen molar-refractivity contribution in [3.05, 3.63) is 11.6 Å². The number of rotatable bonds is 5. The molecule has 1 amide bonds. The molecule has 8 nitrogen and oxygen atoms in total. The summed E-state index contributed by atoms with van der Waals surface area (Å²) in [5, 5.41) is 8.68. The molecule has 0 fully saturated rings. The minimum Gasteiger partial charge on any atom is -0.444 e. The van der Waals surface area contributed by atoms with Gasteiger partial charge in [-0.05, 0) is 41.5 Å². The van der Waals surface area contributed by atoms with Crippen LogP contribution in [0.15, 0.2) is 0 Å². The van der Waals surface area contributed by atoms with Crippen LogP contribution in [0.5, 0.6) is 0 Å². The first kappa shape index (κ1) is 20.6. The van der Waals surface area contributed by atoms with E-state index in [1.165, 1.54) is 0 Å². The van der Waals surface area contributed by atoms with Crippen molar-refractivity contribution in [1.29, 1.82) is 0 Å². The molecular weight excluding hydrogens is 336 g/mol. The summed E-state index contributed by atoms with van der Waals surface area (Å²) < 4.78 is 18.4. The van der Waals surface area contributed by atoms with Crippen molar-refractivity contribution < 1.29 is 19.0 Å². The first-order valence-corrected chi connectivity index (χ1v) is 9.08. The molecule has 1 aliphatic rings. The van der Waals surface area contributed by atoms with Crippen molar-refractivity contribution in [2.75, 3.05) is 26.9 Å². The van der Waals surface area contributed by atoms with Crippen molar-refractivity contribution in [1.82, 2.24) is 19.7 Å². The minimum absolute atomic E-state index is 0.192. The summed E-state index contributed by atoms with van der Waals surface area (Å²) in [6.07, 6.45) is 0.110. The molecule has 2 rings (SSSR count). The molecule has 26 heavy (non-hydrogen) atoms. The van der Waals surface area contributed by atoms with Crippen molar-refractivity contribution >= 4 is 6.09 Å². The highest BCUT2D eigenvalue weighted by Gasteiger charge is 2.38. The van der Waals surface area contributed by atoms with Gasteiger partial charge in [0.15, 0.2) is 5.82 Å². The summed E-state index contributed by atoms with van der Waals surface area (Å²) in [6, 6.07) is 0. The van der Waals surface area contributed by atoms with E-state index in [1.54, 1.807) is 12.0 Å². The predicted molar refractivity (Wildman–Crippen MR) is 97.0 cm³/mol. The van der Waals surface area contributed by atoms with Gasteiger partial charge in [-0.1, -0.05) is 0 Å². The maximum atomic E-state index is 12.7. The van der Waals surface area contributed by atoms with Crippen molar-refractivity contribution in [2.24, 2.45) is 0 Å². The Balaban J connectivity index is 2.17. The molecule has 0 N–H and O–H groups in total. The Hall–Kier alpha value is -1.67. The molecule has 1 aromatic rings. The fourth-order valence-electron chi connectivity index (χ4n) is 3.05. The van der Waals surface area contributed by atoms with Crippen LogP contribution in [0.1, 0.15) is 59.3 Å². The van der Waals surface area contributed by atoms with Crippen molar-refractivity contribution in [2.45, 2.75) is 71.8 Å². The Morgan fingerprint density at radius 1 is 1.23 bits per heavy atom. The monoisotopic (exact) mass is 368 g/mol. The van der Waals surface area contributed by atoms with Gasteiger partial charge in [0.2, 0.25) is 0 Å². The molecule has 1 aromatic heterocycles. The van der Waals surface area contributed by atoms with Crippen LogP contribution in [0.3, 0.4) is 0 Å². The molecule has 0 aromatic carbocycles. The molecule has 1 atom stereocenters. The van der Waals surface area contributed by atoms with E-state index >= 15 is 0 Å². The lowest BCUT2D eigenvalue weighted by Gasteiger charge is -2.37. The number of fused-ring (bicyclic) bond motifs is 1. The molecule has 0 radical (unpaired) electrons. The van der Waals surface area contributed by atoms with Crippen LogP contribution in [0.2, 0.25) is 0 Å². The Morgan fingerprint density at radius 2 is 1.92 bits per heavy atom. The van der Waals surface area contributed by atoms with E-state index in [4.69, 9.17) is 14.2 Å². The fraction of sp³-hybridized carbons (Fsp3) is 0.833. The lowest BCUT2D eigenvalue weighted by atomic mass is 9.98. The molecule has 0 bridgehead atoms. The van der Waals surface area contributed by atoms with Crippen LogP contribution in [-0.2, 0) is 27.2 Å². The second-order valence-corrected chi connectivity index (χ2v) is 8.25. The van der Waals surface area contributed by atoms with E-state index in [0.717, 1.165) is 11.6 Å². The molecule has 8 heteroatoms. The summed E-state index contributed by atoms with van der Waals surface area (Å²) in [7, 11) is 1.64. The van der Waals surface area contributed by atoms with E-state index in [9.17, 15) is 4.79 Å². The molecular formula is C18H32N4O4. The van der Waals surface area contributed by atoms with Gasteiger partial charge in [-0.25, -0.2) is 4.79 Å². The summed E-state index contributed by atoms with van der Waals surface area (Å²) in [5.74, 6) is 1.64. The minimum atomic E-state index is -0.524. The molecule has 0 saturated heterocycles. The maximum absolute atomic E-state index is 12.7. The first-order chi connectivity index (χ1) is 12.0. The van der Waals surface area contributed by atoms with E-state index in [-0.39, 0.29) is 12.2 Å². The Kier molecular flexibility index (Phi) is 6.29. The van der Waals surface area contributed by atoms with Crippen LogP contribution in [0, 0.1) is 0 Å². The van der Waals surface area contributed by atoms with Crippen LogP contribution < -0.4 is 0 Å². The Bertz CT molecular complexity index is 621. The molecule has 1 aliphatic heterocycles. The third-order valence-corrected chi connectivity index (χ3v) is 4.36. The quantitative estimate of drug-likeness (QED) is 0.743. The van der Waals surface area contributed by atoms with E-state index < -0.39 is 11.1 Å². The van der Waals surface area contributed by atoms with Gasteiger partial charge >= 0.3 is 6.09 Å². The zero-order valence-corrected chi connectivity index (χ0v) is 17.0. The number of aromatic nitrogens is 3. The van der Waals surface area contributed by atoms with E-state index in [1.807, 2.05) is 41.5 Å². The maximum Gasteiger partial charge on any atom is 0.410 e. The van der Waals surface area contributed by atoms with Crippen LogP contribution in [0.4, 0.5) is 4.79 Å². The van der Waals surface area contributed by atoms with Crippen molar-refractivity contribution in [3.63, 3.8) is 0 Å². The van der Waals surface area contributed by atoms with Gasteiger partial charge in [0.1, 0.15) is 17.5 Å². The van der Waals surface area contributed by atoms with Crippen molar-refractivity contribution in [3.8, 4) is 0 Å². The van der Waals surface area contributed by atoms with Gasteiger partial charge in [-0.15, -0.1) is 10.2 Å². The zero-order chi connectivity index (χ0) is 19.5. The van der Waals surface area contributed by atoms with Crippen LogP contribution in [0.25, 0.3) is 0 Å². The second-order valence-electron chi connectivity index (χ2n) is 8.25. The van der Waals surface area contributed by atoms with Crippen LogP contribution >= 0.6 is 0 Å². The van der Waals surface area contributed by atoms with E-state index in [2.05, 4.69) is 14.8 Å². The summed E-state index contributed by atoms with van der Waals surface area (Å²) in [4.78, 5) is 14.5. The molecule has 148 valence electrons. The van der Waals surface area contributed by atoms with Gasteiger partial charge in [0, 0.05) is 32.2 Å². The fourth-order valence-corrected chi connectivity index (χ4v) is 3.05. The average Bonchev–Trinajstić information content (AvgIpc) is 2.81. The molecule has 0 spiro atoms. The van der Waals surface area contributed by atoms with Gasteiger partial charge in [0.05, 0.1) is 13.2 Å². The summed E-state index contributed by atoms with van der Waals surface area (Å²) in [5.41, 5.74) is -0.940. The normalized spacial score (nSPS) is 18.2. The third kappa shape index (κ3) is 4.94. The number of carbonyl (C=O) groups is 1. The van der Waals surface area contributed by atoms with Gasteiger partial charge in [-0.2, -0.15) is 0 Å². The lowest BCUT2D eigenvalue weighted by molar-refractivity contribution is 0.00365. The highest BCUT2D eigenvalue weighted by Crippen LogP contribution is 2.27. The van der Waals surface area contributed by atoms with Crippen LogP contribution in [-0.4, -0.2) is 63.8 Å². The van der Waals surface area contributed by atoms with Gasteiger partial charge in [-0.3, -0.25) is 0 Å². The standard InChI is InChI=1S/C18H32N4O4/c1-13(25-11-10-24-7)15-20-19-14-12-18(5,6)22(9-8-21(14)15)16(23)26-17(2,3)4/h13H,8-12H2,1-7H3. The highest BCUT2D eigenvalue weighted by molar-refractivity contribution is 5.69. The summed E-state index contributed by atoms with van der Waals surface area (Å²) >= 11 is 0. The lowest BCUT2D eigenvalue weighted by Crippen LogP contribution is -2.50. The number of methoxy groups -OCH3 is 1. The number of amides is 1. The molecule has 0 saturated carbocycles. The number of hydrogen-bond acceptors (Lipinski definition) is 6. The Morgan fingerprint density at radius 3 is 2.54 bits per heavy atom. The van der Waals surface area contributed by atoms with Gasteiger partial charge in [0.25, 0.3) is 0 Å². The number of carbonyl (C=O) groups excluding carboxylic acids is 1.